The van der Waals surface area contributed by atoms with Crippen LogP contribution in [0.15, 0.2) is 35.3 Å². The molecule has 0 bridgehead atoms. The van der Waals surface area contributed by atoms with Gasteiger partial charge >= 0.3 is 0 Å². The lowest BCUT2D eigenvalue weighted by atomic mass is 10.0. The minimum absolute atomic E-state index is 0.388. The predicted molar refractivity (Wildman–Crippen MR) is 62.6 cm³/mol. The fourth-order valence-corrected chi connectivity index (χ4v) is 2.44. The molecular formula is C11H14N2S. The molecule has 3 heteroatoms. The Morgan fingerprint density at radius 3 is 2.86 bits per heavy atom. The van der Waals surface area contributed by atoms with E-state index in [-0.39, 0.29) is 0 Å². The van der Waals surface area contributed by atoms with Crippen LogP contribution >= 0.6 is 11.8 Å². The van der Waals surface area contributed by atoms with E-state index in [0.717, 1.165) is 23.8 Å². The molecule has 0 fully saturated rings. The molecule has 0 aromatic heterocycles. The van der Waals surface area contributed by atoms with E-state index in [0.29, 0.717) is 6.04 Å². The summed E-state index contributed by atoms with van der Waals surface area (Å²) in [5.41, 5.74) is 7.04. The van der Waals surface area contributed by atoms with Crippen molar-refractivity contribution in [3.8, 4) is 0 Å². The molecule has 0 saturated heterocycles. The smallest absolute Gasteiger partial charge is 0.154 e. The number of thioether (sulfide) groups is 1. The van der Waals surface area contributed by atoms with Gasteiger partial charge in [0.2, 0.25) is 0 Å². The van der Waals surface area contributed by atoms with Crippen LogP contribution in [-0.4, -0.2) is 17.0 Å². The summed E-state index contributed by atoms with van der Waals surface area (Å²) in [5.74, 6) is 1.10. The average molecular weight is 206 g/mol. The van der Waals surface area contributed by atoms with Crippen molar-refractivity contribution in [1.82, 2.24) is 0 Å². The first-order valence-electron chi connectivity index (χ1n) is 4.84. The Labute approximate surface area is 88.6 Å². The quantitative estimate of drug-likeness (QED) is 0.804. The zero-order valence-electron chi connectivity index (χ0n) is 8.02. The van der Waals surface area contributed by atoms with Crippen molar-refractivity contribution in [3.63, 3.8) is 0 Å². The van der Waals surface area contributed by atoms with Gasteiger partial charge in [0.1, 0.15) is 0 Å². The van der Waals surface area contributed by atoms with Gasteiger partial charge in [0.25, 0.3) is 0 Å². The van der Waals surface area contributed by atoms with Gasteiger partial charge in [-0.1, -0.05) is 42.1 Å². The van der Waals surface area contributed by atoms with E-state index in [9.17, 15) is 0 Å². The van der Waals surface area contributed by atoms with Gasteiger partial charge < -0.3 is 5.73 Å². The lowest BCUT2D eigenvalue weighted by molar-refractivity contribution is 0.651. The molecule has 1 aromatic rings. The topological polar surface area (TPSA) is 38.4 Å². The number of benzene rings is 1. The molecule has 1 atom stereocenters. The van der Waals surface area contributed by atoms with E-state index in [4.69, 9.17) is 5.73 Å². The van der Waals surface area contributed by atoms with Crippen LogP contribution < -0.4 is 5.73 Å². The van der Waals surface area contributed by atoms with Gasteiger partial charge in [0.15, 0.2) is 5.17 Å². The van der Waals surface area contributed by atoms with Crippen molar-refractivity contribution < 1.29 is 0 Å². The van der Waals surface area contributed by atoms with Gasteiger partial charge in [-0.3, -0.25) is 4.99 Å². The highest BCUT2D eigenvalue weighted by molar-refractivity contribution is 8.13. The highest BCUT2D eigenvalue weighted by atomic mass is 32.2. The van der Waals surface area contributed by atoms with Crippen molar-refractivity contribution in [2.75, 3.05) is 5.75 Å². The predicted octanol–water partition coefficient (Wildman–Crippen LogP) is 2.05. The van der Waals surface area contributed by atoms with E-state index >= 15 is 0 Å². The van der Waals surface area contributed by atoms with E-state index < -0.39 is 0 Å². The van der Waals surface area contributed by atoms with Crippen LogP contribution in [0.2, 0.25) is 0 Å². The van der Waals surface area contributed by atoms with E-state index in [1.165, 1.54) is 5.56 Å². The van der Waals surface area contributed by atoms with Crippen molar-refractivity contribution in [2.24, 2.45) is 10.7 Å². The SMILES string of the molecule is NC1=NC(Cc2ccccc2)CCS1. The van der Waals surface area contributed by atoms with Crippen molar-refractivity contribution in [1.29, 1.82) is 0 Å². The molecule has 0 saturated carbocycles. The van der Waals surface area contributed by atoms with Gasteiger partial charge in [0.05, 0.1) is 6.04 Å². The standard InChI is InChI=1S/C11H14N2S/c12-11-13-10(6-7-14-11)8-9-4-2-1-3-5-9/h1-5,10H,6-8H2,(H2,12,13). The third-order valence-electron chi connectivity index (χ3n) is 2.32. The van der Waals surface area contributed by atoms with E-state index in [1.807, 2.05) is 6.07 Å². The zero-order valence-corrected chi connectivity index (χ0v) is 8.83. The highest BCUT2D eigenvalue weighted by Gasteiger charge is 2.13. The van der Waals surface area contributed by atoms with Gasteiger partial charge in [-0.2, -0.15) is 0 Å². The van der Waals surface area contributed by atoms with E-state index in [2.05, 4.69) is 29.3 Å². The van der Waals surface area contributed by atoms with Crippen LogP contribution in [0, 0.1) is 0 Å². The second-order valence-electron chi connectivity index (χ2n) is 3.45. The van der Waals surface area contributed by atoms with Crippen molar-refractivity contribution in [2.45, 2.75) is 18.9 Å². The second kappa shape index (κ2) is 4.51. The summed E-state index contributed by atoms with van der Waals surface area (Å²) in [5, 5.41) is 0.747. The van der Waals surface area contributed by atoms with Gasteiger partial charge in [-0.05, 0) is 18.4 Å². The summed E-state index contributed by atoms with van der Waals surface area (Å²) < 4.78 is 0. The molecule has 1 aliphatic heterocycles. The summed E-state index contributed by atoms with van der Waals surface area (Å²) in [6.45, 7) is 0. The Bertz CT molecular complexity index is 321. The van der Waals surface area contributed by atoms with Gasteiger partial charge in [-0.25, -0.2) is 0 Å². The third-order valence-corrected chi connectivity index (χ3v) is 3.17. The fraction of sp³-hybridized carbons (Fsp3) is 0.364. The number of amidine groups is 1. The Morgan fingerprint density at radius 1 is 1.36 bits per heavy atom. The summed E-state index contributed by atoms with van der Waals surface area (Å²) in [4.78, 5) is 4.43. The maximum atomic E-state index is 5.69. The number of rotatable bonds is 2. The first-order chi connectivity index (χ1) is 6.84. The highest BCUT2D eigenvalue weighted by Crippen LogP contribution is 2.18. The Morgan fingerprint density at radius 2 is 2.14 bits per heavy atom. The lowest BCUT2D eigenvalue weighted by Crippen LogP contribution is -2.21. The molecule has 74 valence electrons. The summed E-state index contributed by atoms with van der Waals surface area (Å²) in [6.07, 6.45) is 2.16. The van der Waals surface area contributed by atoms with Crippen LogP contribution in [0.25, 0.3) is 0 Å². The molecule has 1 heterocycles. The molecule has 1 unspecified atom stereocenters. The lowest BCUT2D eigenvalue weighted by Gasteiger charge is -2.17. The molecular weight excluding hydrogens is 192 g/mol. The first-order valence-corrected chi connectivity index (χ1v) is 5.83. The molecule has 1 aromatic carbocycles. The zero-order chi connectivity index (χ0) is 9.80. The van der Waals surface area contributed by atoms with Gasteiger partial charge in [0, 0.05) is 5.75 Å². The van der Waals surface area contributed by atoms with Crippen LogP contribution in [0.3, 0.4) is 0 Å². The molecule has 2 rings (SSSR count). The van der Waals surface area contributed by atoms with Gasteiger partial charge in [-0.15, -0.1) is 0 Å². The number of nitrogens with zero attached hydrogens (tertiary/aromatic N) is 1. The minimum Gasteiger partial charge on any atom is -0.379 e. The third kappa shape index (κ3) is 2.51. The Hall–Kier alpha value is -0.960. The van der Waals surface area contributed by atoms with Crippen LogP contribution in [0.4, 0.5) is 0 Å². The van der Waals surface area contributed by atoms with Crippen molar-refractivity contribution >= 4 is 16.9 Å². The monoisotopic (exact) mass is 206 g/mol. The number of hydrogen-bond acceptors (Lipinski definition) is 3. The fourth-order valence-electron chi connectivity index (χ4n) is 1.62. The second-order valence-corrected chi connectivity index (χ2v) is 4.56. The molecule has 2 N–H and O–H groups in total. The number of hydrogen-bond donors (Lipinski definition) is 1. The minimum atomic E-state index is 0.388. The first kappa shape index (κ1) is 9.59. The Kier molecular flexibility index (Phi) is 3.09. The molecule has 0 aliphatic carbocycles. The molecule has 14 heavy (non-hydrogen) atoms. The Balaban J connectivity index is 2.01. The molecule has 0 spiro atoms. The molecule has 1 aliphatic rings. The van der Waals surface area contributed by atoms with Crippen LogP contribution in [-0.2, 0) is 6.42 Å². The maximum absolute atomic E-state index is 5.69. The van der Waals surface area contributed by atoms with E-state index in [1.54, 1.807) is 11.8 Å². The summed E-state index contributed by atoms with van der Waals surface area (Å²) >= 11 is 1.66. The van der Waals surface area contributed by atoms with Crippen LogP contribution in [0.5, 0.6) is 0 Å². The molecule has 2 nitrogen and oxygen atoms in total. The maximum Gasteiger partial charge on any atom is 0.154 e. The normalized spacial score (nSPS) is 21.7. The average Bonchev–Trinajstić information content (AvgIpc) is 2.19. The molecule has 0 amide bonds. The number of nitrogens with two attached hydrogens (primary N) is 1. The largest absolute Gasteiger partial charge is 0.379 e. The number of aliphatic imine (C=N–C) groups is 1. The summed E-state index contributed by atoms with van der Waals surface area (Å²) in [7, 11) is 0. The van der Waals surface area contributed by atoms with Crippen LogP contribution in [0.1, 0.15) is 12.0 Å². The summed E-state index contributed by atoms with van der Waals surface area (Å²) in [6, 6.07) is 10.9. The molecule has 0 radical (unpaired) electrons. The van der Waals surface area contributed by atoms with Crippen molar-refractivity contribution in [3.05, 3.63) is 35.9 Å².